The zero-order valence-corrected chi connectivity index (χ0v) is 13.8. The van der Waals surface area contributed by atoms with E-state index in [2.05, 4.69) is 27.4 Å². The van der Waals surface area contributed by atoms with Crippen LogP contribution in [0.15, 0.2) is 72.6 Å². The van der Waals surface area contributed by atoms with Gasteiger partial charge in [0.25, 0.3) is 0 Å². The van der Waals surface area contributed by atoms with Crippen LogP contribution >= 0.6 is 0 Å². The molecule has 0 aliphatic heterocycles. The monoisotopic (exact) mass is 298 g/mol. The topological polar surface area (TPSA) is 26.3 Å². The van der Waals surface area contributed by atoms with Crippen molar-refractivity contribution in [3.8, 4) is 0 Å². The van der Waals surface area contributed by atoms with Gasteiger partial charge in [-0.05, 0) is 31.8 Å². The molecule has 1 aliphatic carbocycles. The summed E-state index contributed by atoms with van der Waals surface area (Å²) in [4.78, 5) is 11.9. The molecular formula is C20H26O2. The van der Waals surface area contributed by atoms with Gasteiger partial charge in [0.1, 0.15) is 5.76 Å². The fraction of sp³-hybridized carbons (Fsp3) is 0.350. The number of esters is 1. The molecule has 118 valence electrons. The summed E-state index contributed by atoms with van der Waals surface area (Å²) in [5, 5.41) is 0. The first-order valence-corrected chi connectivity index (χ1v) is 7.68. The van der Waals surface area contributed by atoms with Gasteiger partial charge < -0.3 is 4.74 Å². The zero-order chi connectivity index (χ0) is 16.4. The van der Waals surface area contributed by atoms with Gasteiger partial charge in [0.05, 0.1) is 0 Å². The third-order valence-electron chi connectivity index (χ3n) is 3.59. The summed E-state index contributed by atoms with van der Waals surface area (Å²) < 4.78 is 5.56. The summed E-state index contributed by atoms with van der Waals surface area (Å²) in [6.07, 6.45) is 19.2. The lowest BCUT2D eigenvalue weighted by molar-refractivity contribution is -0.135. The van der Waals surface area contributed by atoms with E-state index in [1.807, 2.05) is 30.4 Å². The first-order valence-electron chi connectivity index (χ1n) is 7.68. The average molecular weight is 298 g/mol. The van der Waals surface area contributed by atoms with Crippen molar-refractivity contribution in [2.45, 2.75) is 40.0 Å². The van der Waals surface area contributed by atoms with Crippen molar-refractivity contribution in [1.29, 1.82) is 0 Å². The number of allylic oxidation sites excluding steroid dienone is 10. The maximum absolute atomic E-state index is 11.9. The minimum atomic E-state index is -0.315. The second-order valence-corrected chi connectivity index (χ2v) is 6.02. The van der Waals surface area contributed by atoms with Gasteiger partial charge in [-0.1, -0.05) is 69.0 Å². The number of ether oxygens (including phenoxy) is 1. The Morgan fingerprint density at radius 2 is 1.68 bits per heavy atom. The minimum Gasteiger partial charge on any atom is -0.427 e. The van der Waals surface area contributed by atoms with Crippen LogP contribution in [0.4, 0.5) is 0 Å². The summed E-state index contributed by atoms with van der Waals surface area (Å²) in [6.45, 7) is 9.89. The van der Waals surface area contributed by atoms with Gasteiger partial charge in [-0.15, -0.1) is 0 Å². The van der Waals surface area contributed by atoms with E-state index in [-0.39, 0.29) is 11.4 Å². The van der Waals surface area contributed by atoms with Gasteiger partial charge in [-0.3, -0.25) is 0 Å². The third kappa shape index (κ3) is 6.13. The van der Waals surface area contributed by atoms with Crippen LogP contribution in [0.5, 0.6) is 0 Å². The van der Waals surface area contributed by atoms with E-state index in [9.17, 15) is 4.79 Å². The summed E-state index contributed by atoms with van der Waals surface area (Å²) in [5.41, 5.74) is 1.13. The van der Waals surface area contributed by atoms with Crippen LogP contribution < -0.4 is 0 Å². The van der Waals surface area contributed by atoms with Crippen LogP contribution in [0.2, 0.25) is 0 Å². The molecule has 0 aromatic rings. The Hall–Kier alpha value is -2.09. The smallest absolute Gasteiger partial charge is 0.335 e. The molecule has 0 saturated heterocycles. The highest BCUT2D eigenvalue weighted by atomic mass is 16.5. The molecule has 2 nitrogen and oxygen atoms in total. The van der Waals surface area contributed by atoms with Crippen LogP contribution in [0.25, 0.3) is 0 Å². The standard InChI is InChI=1S/C20H26O2/c1-5-6-7-8-9-10-11-12-15-18(21)22-19-17(2)14-13-16-20(19,3)4/h5-12,15H,1,13-14,16H2,2-4H3. The van der Waals surface area contributed by atoms with E-state index >= 15 is 0 Å². The lowest BCUT2D eigenvalue weighted by Gasteiger charge is -2.32. The number of hydrogen-bond acceptors (Lipinski definition) is 2. The summed E-state index contributed by atoms with van der Waals surface area (Å²) >= 11 is 0. The van der Waals surface area contributed by atoms with Gasteiger partial charge in [0, 0.05) is 11.5 Å². The molecule has 0 aromatic carbocycles. The molecule has 0 fully saturated rings. The molecule has 22 heavy (non-hydrogen) atoms. The molecule has 2 heteroatoms. The first kappa shape index (κ1) is 18.0. The SMILES string of the molecule is C=CC=CC=CC=CC=CC(=O)OC1=C(C)CCCC1(C)C. The lowest BCUT2D eigenvalue weighted by Crippen LogP contribution is -2.23. The van der Waals surface area contributed by atoms with E-state index in [1.54, 1.807) is 18.2 Å². The maximum atomic E-state index is 11.9. The summed E-state index contributed by atoms with van der Waals surface area (Å²) in [7, 11) is 0. The Morgan fingerprint density at radius 1 is 1.09 bits per heavy atom. The molecule has 0 heterocycles. The van der Waals surface area contributed by atoms with Crippen molar-refractivity contribution in [2.24, 2.45) is 5.41 Å². The van der Waals surface area contributed by atoms with E-state index in [0.29, 0.717) is 0 Å². The van der Waals surface area contributed by atoms with Crippen LogP contribution in [0, 0.1) is 5.41 Å². The molecule has 0 N–H and O–H groups in total. The highest BCUT2D eigenvalue weighted by Crippen LogP contribution is 2.40. The molecule has 0 spiro atoms. The first-order chi connectivity index (χ1) is 10.5. The van der Waals surface area contributed by atoms with Crippen molar-refractivity contribution < 1.29 is 9.53 Å². The fourth-order valence-corrected chi connectivity index (χ4v) is 2.49. The molecule has 1 rings (SSSR count). The third-order valence-corrected chi connectivity index (χ3v) is 3.59. The Kier molecular flexibility index (Phi) is 7.38. The molecular weight excluding hydrogens is 272 g/mol. The largest absolute Gasteiger partial charge is 0.427 e. The van der Waals surface area contributed by atoms with E-state index < -0.39 is 0 Å². The number of hydrogen-bond donors (Lipinski definition) is 0. The van der Waals surface area contributed by atoms with E-state index in [0.717, 1.165) is 25.0 Å². The lowest BCUT2D eigenvalue weighted by atomic mass is 9.78. The zero-order valence-electron chi connectivity index (χ0n) is 13.8. The molecule has 0 bridgehead atoms. The Bertz CT molecular complexity index is 540. The number of carbonyl (C=O) groups excluding carboxylic acids is 1. The molecule has 0 radical (unpaired) electrons. The second-order valence-electron chi connectivity index (χ2n) is 6.02. The maximum Gasteiger partial charge on any atom is 0.335 e. The quantitative estimate of drug-likeness (QED) is 0.371. The van der Waals surface area contributed by atoms with Gasteiger partial charge >= 0.3 is 5.97 Å². The summed E-state index contributed by atoms with van der Waals surface area (Å²) in [6, 6.07) is 0. The second kappa shape index (κ2) is 9.04. The molecule has 0 unspecified atom stereocenters. The molecule has 0 atom stereocenters. The molecule has 0 aromatic heterocycles. The molecule has 0 saturated carbocycles. The normalized spacial score (nSPS) is 18.9. The van der Waals surface area contributed by atoms with Gasteiger partial charge in [-0.25, -0.2) is 4.79 Å². The van der Waals surface area contributed by atoms with Crippen LogP contribution in [-0.4, -0.2) is 5.97 Å². The molecule has 1 aliphatic rings. The summed E-state index contributed by atoms with van der Waals surface area (Å²) in [5.74, 6) is 0.524. The average Bonchev–Trinajstić information content (AvgIpc) is 2.46. The molecule has 0 amide bonds. The predicted molar refractivity (Wildman–Crippen MR) is 93.2 cm³/mol. The number of carbonyl (C=O) groups is 1. The van der Waals surface area contributed by atoms with Gasteiger partial charge in [0.15, 0.2) is 0 Å². The van der Waals surface area contributed by atoms with E-state index in [1.165, 1.54) is 11.6 Å². The Labute approximate surface area is 134 Å². The van der Waals surface area contributed by atoms with Crippen molar-refractivity contribution >= 4 is 5.97 Å². The van der Waals surface area contributed by atoms with Crippen LogP contribution in [0.3, 0.4) is 0 Å². The van der Waals surface area contributed by atoms with Gasteiger partial charge in [-0.2, -0.15) is 0 Å². The highest BCUT2D eigenvalue weighted by Gasteiger charge is 2.31. The Balaban J connectivity index is 2.54. The fourth-order valence-electron chi connectivity index (χ4n) is 2.49. The van der Waals surface area contributed by atoms with Crippen molar-refractivity contribution in [3.05, 3.63) is 72.6 Å². The van der Waals surface area contributed by atoms with E-state index in [4.69, 9.17) is 4.74 Å². The van der Waals surface area contributed by atoms with Crippen molar-refractivity contribution in [1.82, 2.24) is 0 Å². The highest BCUT2D eigenvalue weighted by molar-refractivity contribution is 5.83. The van der Waals surface area contributed by atoms with Gasteiger partial charge in [0.2, 0.25) is 0 Å². The Morgan fingerprint density at radius 3 is 2.27 bits per heavy atom. The van der Waals surface area contributed by atoms with Crippen molar-refractivity contribution in [2.75, 3.05) is 0 Å². The van der Waals surface area contributed by atoms with Crippen LogP contribution in [0.1, 0.15) is 40.0 Å². The van der Waals surface area contributed by atoms with Crippen molar-refractivity contribution in [3.63, 3.8) is 0 Å². The van der Waals surface area contributed by atoms with Crippen LogP contribution in [-0.2, 0) is 9.53 Å². The minimum absolute atomic E-state index is 0.0537. The predicted octanol–water partition coefficient (Wildman–Crippen LogP) is 5.42. The number of rotatable bonds is 6.